The van der Waals surface area contributed by atoms with Crippen molar-refractivity contribution in [3.05, 3.63) is 95.0 Å². The van der Waals surface area contributed by atoms with Crippen LogP contribution in [0.4, 0.5) is 11.4 Å². The molecule has 1 fully saturated rings. The van der Waals surface area contributed by atoms with Crippen molar-refractivity contribution in [2.45, 2.75) is 15.2 Å². The summed E-state index contributed by atoms with van der Waals surface area (Å²) in [6.07, 6.45) is 1.39. The molecule has 3 aromatic carbocycles. The molecule has 1 unspecified atom stereocenters. The summed E-state index contributed by atoms with van der Waals surface area (Å²) >= 11 is 12.0. The molecule has 0 aromatic heterocycles. The summed E-state index contributed by atoms with van der Waals surface area (Å²) in [5.74, 6) is -0.658. The number of amides is 1. The first kappa shape index (κ1) is 29.1. The predicted octanol–water partition coefficient (Wildman–Crippen LogP) is 4.66. The van der Waals surface area contributed by atoms with E-state index in [0.717, 1.165) is 0 Å². The Morgan fingerprint density at radius 2 is 1.59 bits per heavy atom. The van der Waals surface area contributed by atoms with Gasteiger partial charge in [-0.25, -0.2) is 16.8 Å². The molecule has 0 saturated carbocycles. The quantitative estimate of drug-likeness (QED) is 0.338. The summed E-state index contributed by atoms with van der Waals surface area (Å²) in [4.78, 5) is 14.9. The van der Waals surface area contributed by atoms with Crippen molar-refractivity contribution in [1.29, 1.82) is 0 Å². The fraction of sp³-hybridized carbons (Fsp3) is 0.192. The number of carbonyl (C=O) groups excluding carboxylic acids is 1. The third-order valence-electron chi connectivity index (χ3n) is 5.94. The number of halogens is 2. The van der Waals surface area contributed by atoms with Crippen LogP contribution in [-0.2, 0) is 24.6 Å². The van der Waals surface area contributed by atoms with Gasteiger partial charge in [0.2, 0.25) is 0 Å². The van der Waals surface area contributed by atoms with Crippen LogP contribution in [0.3, 0.4) is 0 Å². The molecule has 0 radical (unpaired) electrons. The zero-order chi connectivity index (χ0) is 28.2. The third-order valence-corrected chi connectivity index (χ3v) is 9.83. The molecule has 0 spiro atoms. The van der Waals surface area contributed by atoms with Crippen molar-refractivity contribution in [1.82, 2.24) is 4.90 Å². The highest BCUT2D eigenvalue weighted by molar-refractivity contribution is 7.92. The number of hydrogen-bond acceptors (Lipinski definition) is 7. The smallest absolute Gasteiger partial charge is 0.261 e. The number of ether oxygens (including phenoxy) is 1. The van der Waals surface area contributed by atoms with Gasteiger partial charge in [-0.05, 0) is 60.7 Å². The number of nitrogens with zero attached hydrogens (tertiary/aromatic N) is 1. The number of benzene rings is 3. The molecule has 1 atom stereocenters. The summed E-state index contributed by atoms with van der Waals surface area (Å²) in [6, 6.07) is 15.5. The number of rotatable bonds is 9. The topological polar surface area (TPSA) is 122 Å². The maximum Gasteiger partial charge on any atom is 0.261 e. The van der Waals surface area contributed by atoms with E-state index in [-0.39, 0.29) is 31.1 Å². The molecule has 1 saturated heterocycles. The first-order chi connectivity index (χ1) is 18.5. The molecule has 206 valence electrons. The lowest BCUT2D eigenvalue weighted by Crippen LogP contribution is -2.46. The van der Waals surface area contributed by atoms with E-state index >= 15 is 0 Å². The molecule has 1 amide bonds. The van der Waals surface area contributed by atoms with Gasteiger partial charge in [-0.2, -0.15) is 0 Å². The molecule has 3 aromatic rings. The van der Waals surface area contributed by atoms with Crippen LogP contribution >= 0.6 is 23.2 Å². The number of morpholine rings is 1. The van der Waals surface area contributed by atoms with Crippen molar-refractivity contribution in [3.8, 4) is 0 Å². The molecule has 9 nitrogen and oxygen atoms in total. The Balaban J connectivity index is 1.54. The predicted molar refractivity (Wildman–Crippen MR) is 152 cm³/mol. The monoisotopic (exact) mass is 609 g/mol. The van der Waals surface area contributed by atoms with Crippen molar-refractivity contribution in [2.75, 3.05) is 36.3 Å². The van der Waals surface area contributed by atoms with Gasteiger partial charge in [0.15, 0.2) is 9.84 Å². The molecule has 39 heavy (non-hydrogen) atoms. The van der Waals surface area contributed by atoms with E-state index in [0.29, 0.717) is 32.0 Å². The number of sulfone groups is 1. The second-order valence-electron chi connectivity index (χ2n) is 8.55. The zero-order valence-corrected chi connectivity index (χ0v) is 23.7. The molecular weight excluding hydrogens is 585 g/mol. The second kappa shape index (κ2) is 12.1. The number of hydrogen-bond donors (Lipinski definition) is 2. The number of nitrogens with one attached hydrogen (secondary N) is 2. The number of sulfonamides is 1. The lowest BCUT2D eigenvalue weighted by molar-refractivity contribution is 0.0374. The van der Waals surface area contributed by atoms with Crippen LogP contribution in [0.2, 0.25) is 10.0 Å². The van der Waals surface area contributed by atoms with Gasteiger partial charge in [0.25, 0.3) is 15.9 Å². The molecule has 1 aliphatic rings. The van der Waals surface area contributed by atoms with Gasteiger partial charge in [-0.15, -0.1) is 6.58 Å². The fourth-order valence-electron chi connectivity index (χ4n) is 4.00. The van der Waals surface area contributed by atoms with Crippen LogP contribution < -0.4 is 10.0 Å². The normalized spacial score (nSPS) is 15.3. The van der Waals surface area contributed by atoms with Crippen molar-refractivity contribution in [3.63, 3.8) is 0 Å². The summed E-state index contributed by atoms with van der Waals surface area (Å²) in [6.45, 7) is 5.50. The Labute approximate surface area is 237 Å². The Hall–Kier alpha value is -2.93. The maximum absolute atomic E-state index is 13.2. The minimum Gasteiger partial charge on any atom is -0.379 e. The minimum atomic E-state index is -4.06. The Morgan fingerprint density at radius 3 is 2.23 bits per heavy atom. The molecule has 0 aliphatic carbocycles. The van der Waals surface area contributed by atoms with E-state index in [1.54, 1.807) is 11.0 Å². The largest absolute Gasteiger partial charge is 0.379 e. The molecule has 4 rings (SSSR count). The average molecular weight is 611 g/mol. The van der Waals surface area contributed by atoms with Gasteiger partial charge in [0, 0.05) is 28.8 Å². The Kier molecular flexibility index (Phi) is 9.00. The van der Waals surface area contributed by atoms with Crippen LogP contribution in [-0.4, -0.2) is 59.3 Å². The lowest BCUT2D eigenvalue weighted by Gasteiger charge is -2.32. The van der Waals surface area contributed by atoms with Gasteiger partial charge in [0.1, 0.15) is 5.37 Å². The molecular formula is C26H25Cl2N3O6S2. The van der Waals surface area contributed by atoms with Gasteiger partial charge in [-0.1, -0.05) is 35.3 Å². The fourth-order valence-corrected chi connectivity index (χ4v) is 7.20. The highest BCUT2D eigenvalue weighted by Crippen LogP contribution is 2.27. The first-order valence-electron chi connectivity index (χ1n) is 11.7. The van der Waals surface area contributed by atoms with Crippen molar-refractivity contribution >= 4 is 60.3 Å². The van der Waals surface area contributed by atoms with Gasteiger partial charge in [-0.3, -0.25) is 14.4 Å². The molecule has 1 heterocycles. The molecule has 1 aliphatic heterocycles. The maximum atomic E-state index is 13.2. The summed E-state index contributed by atoms with van der Waals surface area (Å²) in [7, 11) is -7.84. The van der Waals surface area contributed by atoms with Crippen molar-refractivity contribution in [2.24, 2.45) is 0 Å². The van der Waals surface area contributed by atoms with E-state index in [9.17, 15) is 21.6 Å². The van der Waals surface area contributed by atoms with Gasteiger partial charge >= 0.3 is 0 Å². The number of anilines is 2. The molecule has 13 heteroatoms. The van der Waals surface area contributed by atoms with Crippen molar-refractivity contribution < 1.29 is 26.4 Å². The zero-order valence-electron chi connectivity index (χ0n) is 20.5. The van der Waals surface area contributed by atoms with E-state index in [4.69, 9.17) is 27.9 Å². The highest BCUT2D eigenvalue weighted by atomic mass is 35.5. The highest BCUT2D eigenvalue weighted by Gasteiger charge is 2.31. The standard InChI is InChI=1S/C26H25Cl2N3O6S2/c1-2-25(31-12-14-37-15-13-31)38(33,34)21-9-7-20(8-10-21)29-26(32)23-17-19(28)6-11-24(23)30-39(35,36)22-5-3-4-18(27)16-22/h2-11,16-17,25,30H,1,12-15H2,(H,29,32). The Bertz CT molecular complexity index is 1590. The van der Waals surface area contributed by atoms with Crippen LogP contribution in [0.25, 0.3) is 0 Å². The average Bonchev–Trinajstić information content (AvgIpc) is 2.91. The van der Waals surface area contributed by atoms with Crippen LogP contribution in [0.15, 0.2) is 89.2 Å². The van der Waals surface area contributed by atoms with E-state index < -0.39 is 31.1 Å². The van der Waals surface area contributed by atoms with E-state index in [1.165, 1.54) is 66.7 Å². The summed E-state index contributed by atoms with van der Waals surface area (Å²) in [5.41, 5.74) is 0.253. The van der Waals surface area contributed by atoms with Gasteiger partial charge in [0.05, 0.1) is 34.3 Å². The minimum absolute atomic E-state index is 0.00425. The summed E-state index contributed by atoms with van der Waals surface area (Å²) in [5, 5.41) is 2.19. The summed E-state index contributed by atoms with van der Waals surface area (Å²) < 4.78 is 60.0. The van der Waals surface area contributed by atoms with E-state index in [2.05, 4.69) is 16.6 Å². The first-order valence-corrected chi connectivity index (χ1v) is 15.5. The molecule has 2 N–H and O–H groups in total. The molecule has 0 bridgehead atoms. The Morgan fingerprint density at radius 1 is 0.923 bits per heavy atom. The second-order valence-corrected chi connectivity index (χ2v) is 13.2. The van der Waals surface area contributed by atoms with Crippen LogP contribution in [0.5, 0.6) is 0 Å². The van der Waals surface area contributed by atoms with Gasteiger partial charge < -0.3 is 10.1 Å². The van der Waals surface area contributed by atoms with E-state index in [1.807, 2.05) is 0 Å². The van der Waals surface area contributed by atoms with Crippen LogP contribution in [0, 0.1) is 0 Å². The third kappa shape index (κ3) is 6.81. The SMILES string of the molecule is C=CC(N1CCOCC1)S(=O)(=O)c1ccc(NC(=O)c2cc(Cl)ccc2NS(=O)(=O)c2cccc(Cl)c2)cc1. The lowest BCUT2D eigenvalue weighted by atomic mass is 10.1. The number of carbonyl (C=O) groups is 1. The van der Waals surface area contributed by atoms with Crippen LogP contribution in [0.1, 0.15) is 10.4 Å².